The van der Waals surface area contributed by atoms with Crippen LogP contribution in [0.2, 0.25) is 5.02 Å². The third-order valence-electron chi connectivity index (χ3n) is 4.92. The first kappa shape index (κ1) is 23.9. The molecule has 3 aromatic carbocycles. The molecule has 3 aromatic rings. The van der Waals surface area contributed by atoms with Crippen LogP contribution in [-0.4, -0.2) is 21.1 Å². The molecule has 0 radical (unpaired) electrons. The van der Waals surface area contributed by atoms with Crippen molar-refractivity contribution in [1.29, 1.82) is 0 Å². The zero-order chi connectivity index (χ0) is 24.2. The van der Waals surface area contributed by atoms with Crippen LogP contribution in [0.5, 0.6) is 5.75 Å². The highest BCUT2D eigenvalue weighted by Gasteiger charge is 2.34. The van der Waals surface area contributed by atoms with Crippen LogP contribution < -0.4 is 10.2 Å². The summed E-state index contributed by atoms with van der Waals surface area (Å²) in [5.41, 5.74) is 4.70. The fourth-order valence-electron chi connectivity index (χ4n) is 3.17. The second kappa shape index (κ2) is 10.4. The van der Waals surface area contributed by atoms with Crippen molar-refractivity contribution in [3.63, 3.8) is 0 Å². The number of carbonyl (C=O) groups excluding carboxylic acids is 2. The van der Waals surface area contributed by atoms with Crippen molar-refractivity contribution in [3.05, 3.63) is 105 Å². The van der Waals surface area contributed by atoms with Gasteiger partial charge in [0.15, 0.2) is 4.32 Å². The maximum atomic E-state index is 13.9. The SMILES string of the molecule is Cc1ccc(C(=O)NN2C(=O)/C(=C\c3ccccc3OCc3ccccc3F)SC2=S)c(Cl)c1. The second-order valence-electron chi connectivity index (χ2n) is 7.36. The van der Waals surface area contributed by atoms with E-state index >= 15 is 0 Å². The monoisotopic (exact) mass is 512 g/mol. The molecule has 1 aliphatic heterocycles. The summed E-state index contributed by atoms with van der Waals surface area (Å²) in [4.78, 5) is 25.9. The number of aryl methyl sites for hydroxylation is 1. The topological polar surface area (TPSA) is 58.6 Å². The molecule has 1 aliphatic rings. The number of nitrogens with zero attached hydrogens (tertiary/aromatic N) is 1. The summed E-state index contributed by atoms with van der Waals surface area (Å²) >= 11 is 12.5. The molecule has 34 heavy (non-hydrogen) atoms. The lowest BCUT2D eigenvalue weighted by Gasteiger charge is -2.16. The van der Waals surface area contributed by atoms with Crippen molar-refractivity contribution < 1.29 is 18.7 Å². The van der Waals surface area contributed by atoms with Gasteiger partial charge in [0.05, 0.1) is 15.5 Å². The first-order chi connectivity index (χ1) is 16.3. The van der Waals surface area contributed by atoms with Gasteiger partial charge in [-0.25, -0.2) is 4.39 Å². The van der Waals surface area contributed by atoms with Gasteiger partial charge in [-0.1, -0.05) is 65.8 Å². The minimum absolute atomic E-state index is 0.0336. The number of benzene rings is 3. The summed E-state index contributed by atoms with van der Waals surface area (Å²) in [6, 6.07) is 18.4. The summed E-state index contributed by atoms with van der Waals surface area (Å²) < 4.78 is 19.9. The van der Waals surface area contributed by atoms with Gasteiger partial charge in [0, 0.05) is 11.1 Å². The molecule has 1 fully saturated rings. The molecule has 0 aliphatic carbocycles. The Kier molecular flexibility index (Phi) is 7.31. The number of ether oxygens (including phenoxy) is 1. The number of hydrazine groups is 1. The Hall–Kier alpha value is -3.20. The average molecular weight is 513 g/mol. The number of hydrogen-bond acceptors (Lipinski definition) is 5. The van der Waals surface area contributed by atoms with E-state index in [2.05, 4.69) is 5.43 Å². The summed E-state index contributed by atoms with van der Waals surface area (Å²) in [5, 5.41) is 1.30. The third kappa shape index (κ3) is 5.30. The molecule has 1 heterocycles. The number of rotatable bonds is 6. The van der Waals surface area contributed by atoms with Crippen LogP contribution in [0.4, 0.5) is 4.39 Å². The molecule has 0 bridgehead atoms. The highest BCUT2D eigenvalue weighted by molar-refractivity contribution is 8.26. The molecular weight excluding hydrogens is 495 g/mol. The highest BCUT2D eigenvalue weighted by Crippen LogP contribution is 2.34. The van der Waals surface area contributed by atoms with Crippen LogP contribution in [-0.2, 0) is 11.4 Å². The van der Waals surface area contributed by atoms with Crippen molar-refractivity contribution in [2.75, 3.05) is 0 Å². The van der Waals surface area contributed by atoms with Gasteiger partial charge < -0.3 is 4.74 Å². The van der Waals surface area contributed by atoms with Gasteiger partial charge in [0.25, 0.3) is 11.8 Å². The number of nitrogens with one attached hydrogen (secondary N) is 1. The molecule has 0 spiro atoms. The van der Waals surface area contributed by atoms with Crippen molar-refractivity contribution in [2.24, 2.45) is 0 Å². The zero-order valence-electron chi connectivity index (χ0n) is 17.9. The van der Waals surface area contributed by atoms with E-state index in [4.69, 9.17) is 28.6 Å². The average Bonchev–Trinajstić information content (AvgIpc) is 3.06. The van der Waals surface area contributed by atoms with Gasteiger partial charge in [-0.3, -0.25) is 15.0 Å². The fraction of sp³-hybridized carbons (Fsp3) is 0.0800. The number of hydrogen-bond donors (Lipinski definition) is 1. The maximum Gasteiger partial charge on any atom is 0.285 e. The van der Waals surface area contributed by atoms with E-state index in [1.165, 1.54) is 6.07 Å². The van der Waals surface area contributed by atoms with Gasteiger partial charge in [-0.2, -0.15) is 5.01 Å². The Balaban J connectivity index is 1.51. The highest BCUT2D eigenvalue weighted by atomic mass is 35.5. The Labute approximate surface area is 210 Å². The molecule has 9 heteroatoms. The predicted molar refractivity (Wildman–Crippen MR) is 136 cm³/mol. The first-order valence-corrected chi connectivity index (χ1v) is 11.7. The molecule has 0 aromatic heterocycles. The first-order valence-electron chi connectivity index (χ1n) is 10.1. The number of thioether (sulfide) groups is 1. The molecule has 4 rings (SSSR count). The van der Waals surface area contributed by atoms with E-state index in [0.29, 0.717) is 21.8 Å². The molecule has 2 amide bonds. The van der Waals surface area contributed by atoms with E-state index in [0.717, 1.165) is 22.3 Å². The van der Waals surface area contributed by atoms with Gasteiger partial charge in [-0.05, 0) is 55.0 Å². The van der Waals surface area contributed by atoms with Crippen molar-refractivity contribution in [3.8, 4) is 5.75 Å². The number of thiocarbonyl (C=S) groups is 1. The normalized spacial score (nSPS) is 14.6. The second-order valence-corrected chi connectivity index (χ2v) is 9.44. The molecular formula is C25H18ClFN2O3S2. The zero-order valence-corrected chi connectivity index (χ0v) is 20.3. The third-order valence-corrected chi connectivity index (χ3v) is 6.54. The smallest absolute Gasteiger partial charge is 0.285 e. The van der Waals surface area contributed by atoms with Crippen LogP contribution in [0, 0.1) is 12.7 Å². The molecule has 0 atom stereocenters. The van der Waals surface area contributed by atoms with Gasteiger partial charge in [0.2, 0.25) is 0 Å². The largest absolute Gasteiger partial charge is 0.488 e. The molecule has 1 N–H and O–H groups in total. The number of para-hydroxylation sites is 1. The lowest BCUT2D eigenvalue weighted by Crippen LogP contribution is -2.44. The minimum atomic E-state index is -0.545. The summed E-state index contributed by atoms with van der Waals surface area (Å²) in [7, 11) is 0. The van der Waals surface area contributed by atoms with E-state index in [1.54, 1.807) is 66.7 Å². The van der Waals surface area contributed by atoms with Crippen LogP contribution in [0.1, 0.15) is 27.0 Å². The molecule has 0 unspecified atom stereocenters. The van der Waals surface area contributed by atoms with Crippen LogP contribution in [0.15, 0.2) is 71.6 Å². The lowest BCUT2D eigenvalue weighted by molar-refractivity contribution is -0.123. The van der Waals surface area contributed by atoms with Crippen molar-refractivity contribution >= 4 is 57.8 Å². The van der Waals surface area contributed by atoms with E-state index in [9.17, 15) is 14.0 Å². The van der Waals surface area contributed by atoms with E-state index in [-0.39, 0.29) is 27.3 Å². The maximum absolute atomic E-state index is 13.9. The Morgan fingerprint density at radius 1 is 1.18 bits per heavy atom. The lowest BCUT2D eigenvalue weighted by atomic mass is 10.1. The number of carbonyl (C=O) groups is 2. The Bertz CT molecular complexity index is 1330. The van der Waals surface area contributed by atoms with Gasteiger partial charge in [-0.15, -0.1) is 0 Å². The molecule has 1 saturated heterocycles. The summed E-state index contributed by atoms with van der Waals surface area (Å²) in [6.07, 6.45) is 1.63. The summed E-state index contributed by atoms with van der Waals surface area (Å²) in [6.45, 7) is 1.89. The van der Waals surface area contributed by atoms with Gasteiger partial charge >= 0.3 is 0 Å². The van der Waals surface area contributed by atoms with Crippen molar-refractivity contribution in [1.82, 2.24) is 10.4 Å². The molecule has 172 valence electrons. The predicted octanol–water partition coefficient (Wildman–Crippen LogP) is 5.91. The quantitative estimate of drug-likeness (QED) is 0.328. The molecule has 0 saturated carbocycles. The fourth-order valence-corrected chi connectivity index (χ4v) is 4.66. The van der Waals surface area contributed by atoms with E-state index in [1.807, 2.05) is 6.92 Å². The minimum Gasteiger partial charge on any atom is -0.488 e. The van der Waals surface area contributed by atoms with Crippen LogP contribution in [0.25, 0.3) is 6.08 Å². The molecule has 5 nitrogen and oxygen atoms in total. The Morgan fingerprint density at radius 2 is 1.91 bits per heavy atom. The number of amides is 2. The number of halogens is 2. The van der Waals surface area contributed by atoms with E-state index < -0.39 is 11.8 Å². The summed E-state index contributed by atoms with van der Waals surface area (Å²) in [5.74, 6) is -0.900. The van der Waals surface area contributed by atoms with Crippen LogP contribution in [0.3, 0.4) is 0 Å². The van der Waals surface area contributed by atoms with Gasteiger partial charge in [0.1, 0.15) is 18.2 Å². The van der Waals surface area contributed by atoms with Crippen molar-refractivity contribution in [2.45, 2.75) is 13.5 Å². The van der Waals surface area contributed by atoms with Crippen LogP contribution >= 0.6 is 35.6 Å². The Morgan fingerprint density at radius 3 is 2.68 bits per heavy atom. The standard InChI is InChI=1S/C25H18ClFN2O3S2/c1-15-10-11-18(19(26)12-15)23(30)28-29-24(31)22(34-25(29)33)13-16-6-3-5-9-21(16)32-14-17-7-2-4-8-20(17)27/h2-13H,14H2,1H3,(H,28,30)/b22-13+.